The van der Waals surface area contributed by atoms with Crippen molar-refractivity contribution in [3.8, 4) is 0 Å². The van der Waals surface area contributed by atoms with Gasteiger partial charge in [0, 0.05) is 25.0 Å². The summed E-state index contributed by atoms with van der Waals surface area (Å²) >= 11 is 0. The Morgan fingerprint density at radius 1 is 0.923 bits per heavy atom. The molecule has 288 valence electrons. The van der Waals surface area contributed by atoms with E-state index in [1.165, 1.54) is 23.5 Å². The third-order valence-corrected chi connectivity index (χ3v) is 11.2. The number of rotatable bonds is 14. The van der Waals surface area contributed by atoms with E-state index < -0.39 is 77.1 Å². The first-order valence-corrected chi connectivity index (χ1v) is 18.9. The number of likely N-dealkylation sites (tertiary alicyclic amines) is 1. The minimum absolute atomic E-state index is 0.0292. The Hall–Kier alpha value is -3.62. The van der Waals surface area contributed by atoms with Crippen molar-refractivity contribution in [2.75, 3.05) is 6.54 Å². The normalized spacial score (nSPS) is 24.7. The number of hydrogen-bond donors (Lipinski definition) is 4. The van der Waals surface area contributed by atoms with Crippen molar-refractivity contribution < 1.29 is 37.1 Å². The van der Waals surface area contributed by atoms with Gasteiger partial charge in [0.25, 0.3) is 11.8 Å². The second-order valence-electron chi connectivity index (χ2n) is 16.2. The Labute approximate surface area is 303 Å². The van der Waals surface area contributed by atoms with Gasteiger partial charge in [-0.05, 0) is 68.1 Å². The molecule has 2 heterocycles. The summed E-state index contributed by atoms with van der Waals surface area (Å²) < 4.78 is 45.9. The maximum absolute atomic E-state index is 15.3. The van der Waals surface area contributed by atoms with Crippen molar-refractivity contribution in [1.82, 2.24) is 36.1 Å². The minimum atomic E-state index is -4.87. The van der Waals surface area contributed by atoms with Gasteiger partial charge in [-0.15, -0.1) is 0 Å². The van der Waals surface area contributed by atoms with Crippen LogP contribution in [-0.2, 0) is 19.2 Å². The zero-order valence-electron chi connectivity index (χ0n) is 30.6. The lowest BCUT2D eigenvalue weighted by atomic mass is 9.79. The SMILES string of the molecule is CCC[C@H](NC(=O)[C@@H]1[C@H]2CCC[C@H]2CN1C(=O)[C@@H](N[C@@H]([C@@H](NC(=O)c1cnccn1)C1CCCCC1)C(F)(F)F)C(C)(C)C)C(=O)C(=O)NC1CC1. The van der Waals surface area contributed by atoms with Gasteiger partial charge in [-0.3, -0.25) is 34.3 Å². The van der Waals surface area contributed by atoms with Crippen LogP contribution in [0.1, 0.15) is 115 Å². The van der Waals surface area contributed by atoms with Crippen molar-refractivity contribution in [3.63, 3.8) is 0 Å². The molecule has 1 aromatic rings. The molecule has 4 aliphatic rings. The number of fused-ring (bicyclic) bond motifs is 1. The molecule has 0 spiro atoms. The Morgan fingerprint density at radius 3 is 2.23 bits per heavy atom. The van der Waals surface area contributed by atoms with Crippen LogP contribution in [0.15, 0.2) is 18.6 Å². The van der Waals surface area contributed by atoms with E-state index in [0.29, 0.717) is 38.5 Å². The predicted molar refractivity (Wildman–Crippen MR) is 185 cm³/mol. The first kappa shape index (κ1) is 39.6. The van der Waals surface area contributed by atoms with E-state index in [1.807, 2.05) is 6.92 Å². The van der Waals surface area contributed by atoms with E-state index in [0.717, 1.165) is 32.1 Å². The van der Waals surface area contributed by atoms with Crippen LogP contribution in [0.25, 0.3) is 0 Å². The molecule has 1 aliphatic heterocycles. The largest absolute Gasteiger partial charge is 0.405 e. The molecule has 3 aliphatic carbocycles. The fraction of sp³-hybridized carbons (Fsp3) is 0.757. The number of ketones is 1. The first-order valence-electron chi connectivity index (χ1n) is 18.9. The summed E-state index contributed by atoms with van der Waals surface area (Å²) in [5.74, 6) is -4.30. The molecule has 1 aromatic heterocycles. The third kappa shape index (κ3) is 9.48. The number of aromatic nitrogens is 2. The summed E-state index contributed by atoms with van der Waals surface area (Å²) in [6, 6.07) is -7.25. The van der Waals surface area contributed by atoms with Crippen LogP contribution in [0.4, 0.5) is 13.2 Å². The Bertz CT molecular complexity index is 1440. The number of hydrogen-bond acceptors (Lipinski definition) is 8. The van der Waals surface area contributed by atoms with E-state index >= 15 is 13.2 Å². The van der Waals surface area contributed by atoms with Crippen LogP contribution in [0, 0.1) is 23.2 Å². The van der Waals surface area contributed by atoms with Crippen molar-refractivity contribution in [3.05, 3.63) is 24.3 Å². The van der Waals surface area contributed by atoms with Crippen molar-refractivity contribution in [2.45, 2.75) is 147 Å². The van der Waals surface area contributed by atoms with Gasteiger partial charge in [-0.25, -0.2) is 4.98 Å². The molecule has 7 atom stereocenters. The highest BCUT2D eigenvalue weighted by molar-refractivity contribution is 6.38. The molecular weight excluding hydrogens is 679 g/mol. The van der Waals surface area contributed by atoms with Crippen molar-refractivity contribution >= 4 is 29.4 Å². The van der Waals surface area contributed by atoms with E-state index in [9.17, 15) is 24.0 Å². The molecule has 4 fully saturated rings. The molecule has 5 rings (SSSR count). The van der Waals surface area contributed by atoms with E-state index in [-0.39, 0.29) is 36.5 Å². The predicted octanol–water partition coefficient (Wildman–Crippen LogP) is 3.85. The smallest absolute Gasteiger partial charge is 0.347 e. The van der Waals surface area contributed by atoms with Crippen LogP contribution in [-0.4, -0.2) is 93.3 Å². The number of nitrogens with zero attached hydrogens (tertiary/aromatic N) is 3. The van der Waals surface area contributed by atoms with Crippen LogP contribution >= 0.6 is 0 Å². The van der Waals surface area contributed by atoms with Gasteiger partial charge in [-0.1, -0.05) is 59.8 Å². The fourth-order valence-corrected chi connectivity index (χ4v) is 8.37. The lowest BCUT2D eigenvalue weighted by Gasteiger charge is -2.43. The van der Waals surface area contributed by atoms with Gasteiger partial charge in [0.05, 0.1) is 24.3 Å². The lowest BCUT2D eigenvalue weighted by molar-refractivity contribution is -0.172. The molecule has 12 nitrogen and oxygen atoms in total. The van der Waals surface area contributed by atoms with Gasteiger partial charge in [0.15, 0.2) is 0 Å². The van der Waals surface area contributed by atoms with Crippen LogP contribution < -0.4 is 21.3 Å². The Balaban J connectivity index is 1.43. The Kier molecular flexibility index (Phi) is 12.6. The molecular formula is C37H54F3N7O5. The molecule has 1 saturated heterocycles. The second-order valence-corrected chi connectivity index (χ2v) is 16.2. The molecule has 52 heavy (non-hydrogen) atoms. The summed E-state index contributed by atoms with van der Waals surface area (Å²) in [5.41, 5.74) is -1.16. The monoisotopic (exact) mass is 733 g/mol. The highest BCUT2D eigenvalue weighted by atomic mass is 19.4. The van der Waals surface area contributed by atoms with Gasteiger partial charge in [-0.2, -0.15) is 13.2 Å². The molecule has 15 heteroatoms. The molecule has 3 saturated carbocycles. The topological polar surface area (TPSA) is 162 Å². The molecule has 4 N–H and O–H groups in total. The van der Waals surface area contributed by atoms with Gasteiger partial charge in [0.1, 0.15) is 17.8 Å². The summed E-state index contributed by atoms with van der Waals surface area (Å²) in [6.45, 7) is 7.03. The summed E-state index contributed by atoms with van der Waals surface area (Å²) in [5, 5.41) is 10.8. The third-order valence-electron chi connectivity index (χ3n) is 11.2. The standard InChI is InChI=1S/C37H54F3N7O5/c1-5-10-25(29(48)34(51)43-23-15-16-23)44-33(50)28-24-14-9-13-22(24)20-47(28)35(52)31(36(2,3)4)46-30(37(38,39)40)27(21-11-7-6-8-12-21)45-32(49)26-19-41-17-18-42-26/h17-19,21-25,27-28,30-31,46H,5-16,20H2,1-4H3,(H,43,51)(H,44,50)(H,45,49)/t22-,24-,25-,27-,28-,30-,31+/m0/s1. The highest BCUT2D eigenvalue weighted by Crippen LogP contribution is 2.44. The molecule has 0 aromatic carbocycles. The summed E-state index contributed by atoms with van der Waals surface area (Å²) in [4.78, 5) is 77.2. The number of amides is 4. The average molecular weight is 734 g/mol. The zero-order chi connectivity index (χ0) is 37.8. The quantitative estimate of drug-likeness (QED) is 0.210. The molecule has 0 radical (unpaired) electrons. The second kappa shape index (κ2) is 16.6. The van der Waals surface area contributed by atoms with Gasteiger partial charge >= 0.3 is 6.18 Å². The Morgan fingerprint density at radius 2 is 1.63 bits per heavy atom. The minimum Gasteiger partial charge on any atom is -0.347 e. The zero-order valence-corrected chi connectivity index (χ0v) is 30.6. The van der Waals surface area contributed by atoms with Crippen LogP contribution in [0.2, 0.25) is 0 Å². The maximum Gasteiger partial charge on any atom is 0.405 e. The van der Waals surface area contributed by atoms with Crippen LogP contribution in [0.5, 0.6) is 0 Å². The van der Waals surface area contributed by atoms with Crippen molar-refractivity contribution in [1.29, 1.82) is 0 Å². The fourth-order valence-electron chi connectivity index (χ4n) is 8.37. The van der Waals surface area contributed by atoms with E-state index in [4.69, 9.17) is 0 Å². The summed E-state index contributed by atoms with van der Waals surface area (Å²) in [6.07, 6.45) is 6.81. The average Bonchev–Trinajstić information content (AvgIpc) is 3.66. The van der Waals surface area contributed by atoms with E-state index in [1.54, 1.807) is 20.8 Å². The lowest BCUT2D eigenvalue weighted by Crippen LogP contribution is -2.67. The number of carbonyl (C=O) groups is 5. The molecule has 0 bridgehead atoms. The highest BCUT2D eigenvalue weighted by Gasteiger charge is 2.55. The summed E-state index contributed by atoms with van der Waals surface area (Å²) in [7, 11) is 0. The first-order chi connectivity index (χ1) is 24.6. The van der Waals surface area contributed by atoms with Gasteiger partial charge < -0.3 is 20.9 Å². The number of halogens is 3. The number of Topliss-reactive ketones (excluding diaryl/α,β-unsaturated/α-hetero) is 1. The van der Waals surface area contributed by atoms with E-state index in [2.05, 4.69) is 31.2 Å². The molecule has 4 amide bonds. The number of alkyl halides is 3. The number of nitrogens with one attached hydrogen (secondary N) is 4. The number of carbonyl (C=O) groups excluding carboxylic acids is 5. The van der Waals surface area contributed by atoms with Crippen molar-refractivity contribution in [2.24, 2.45) is 23.2 Å². The maximum atomic E-state index is 15.3. The van der Waals surface area contributed by atoms with Gasteiger partial charge in [0.2, 0.25) is 17.6 Å². The molecule has 0 unspecified atom stereocenters. The van der Waals surface area contributed by atoms with Crippen LogP contribution in [0.3, 0.4) is 0 Å².